The molecule has 0 bridgehead atoms. The zero-order valence-electron chi connectivity index (χ0n) is 16.7. The summed E-state index contributed by atoms with van der Waals surface area (Å²) < 4.78 is 17.3. The van der Waals surface area contributed by atoms with Gasteiger partial charge in [0.05, 0.1) is 22.3 Å². The number of pyridine rings is 1. The van der Waals surface area contributed by atoms with Crippen LogP contribution in [-0.4, -0.2) is 34.6 Å². The molecule has 1 atom stereocenters. The van der Waals surface area contributed by atoms with E-state index >= 15 is 4.39 Å². The number of halogens is 1. The maximum absolute atomic E-state index is 15.8. The van der Waals surface area contributed by atoms with Gasteiger partial charge in [0.15, 0.2) is 5.82 Å². The van der Waals surface area contributed by atoms with Gasteiger partial charge in [-0.1, -0.05) is 13.8 Å². The van der Waals surface area contributed by atoms with Gasteiger partial charge in [-0.15, -0.1) is 0 Å². The van der Waals surface area contributed by atoms with Crippen molar-refractivity contribution in [2.45, 2.75) is 51.6 Å². The maximum atomic E-state index is 15.8. The fraction of sp³-hybridized carbons (Fsp3) is 0.476. The molecule has 154 valence electrons. The zero-order chi connectivity index (χ0) is 21.0. The summed E-state index contributed by atoms with van der Waals surface area (Å²) in [7, 11) is 1.68. The molecule has 1 aromatic heterocycles. The average Bonchev–Trinajstić information content (AvgIpc) is 3.46. The molecule has 8 heteroatoms. The number of hydrogen-bond donors (Lipinski definition) is 2. The molecular formula is C21H24FN3O4. The Bertz CT molecular complexity index is 1090. The molecule has 0 saturated heterocycles. The number of carbonyl (C=O) groups excluding carboxylic acids is 1. The summed E-state index contributed by atoms with van der Waals surface area (Å²) in [4.78, 5) is 38.5. The number of likely N-dealkylation sites (N-methyl/N-ethyl adjacent to an activating group) is 1. The number of fused-ring (bicyclic) bond motifs is 2. The van der Waals surface area contributed by atoms with Crippen LogP contribution >= 0.6 is 0 Å². The molecular weight excluding hydrogens is 377 g/mol. The van der Waals surface area contributed by atoms with Crippen LogP contribution in [0.5, 0.6) is 0 Å². The highest BCUT2D eigenvalue weighted by molar-refractivity contribution is 6.07. The number of benzene rings is 1. The number of hydrogen-bond acceptors (Lipinski definition) is 4. The minimum absolute atomic E-state index is 0.0241. The number of nitrogens with zero attached hydrogens (tertiary/aromatic N) is 2. The van der Waals surface area contributed by atoms with Gasteiger partial charge in [-0.05, 0) is 37.7 Å². The Kier molecular flexibility index (Phi) is 4.59. The molecule has 1 unspecified atom stereocenters. The largest absolute Gasteiger partial charge is 0.477 e. The highest BCUT2D eigenvalue weighted by atomic mass is 19.1. The van der Waals surface area contributed by atoms with Crippen molar-refractivity contribution in [3.8, 4) is 0 Å². The predicted octanol–water partition coefficient (Wildman–Crippen LogP) is 3.37. The number of carboxylic acids is 1. The lowest BCUT2D eigenvalue weighted by molar-refractivity contribution is -0.117. The van der Waals surface area contributed by atoms with Gasteiger partial charge in [0.25, 0.3) is 0 Å². The number of nitrogens with one attached hydrogen (secondary N) is 1. The van der Waals surface area contributed by atoms with Crippen molar-refractivity contribution in [2.75, 3.05) is 17.3 Å². The summed E-state index contributed by atoms with van der Waals surface area (Å²) in [6.45, 7) is 4.13. The van der Waals surface area contributed by atoms with Crippen molar-refractivity contribution >= 4 is 34.2 Å². The summed E-state index contributed by atoms with van der Waals surface area (Å²) in [5, 5.41) is 12.1. The van der Waals surface area contributed by atoms with E-state index < -0.39 is 28.8 Å². The van der Waals surface area contributed by atoms with Crippen LogP contribution in [-0.2, 0) is 4.79 Å². The molecule has 0 radical (unpaired) electrons. The van der Waals surface area contributed by atoms with E-state index in [1.807, 2.05) is 0 Å². The van der Waals surface area contributed by atoms with Gasteiger partial charge in [-0.3, -0.25) is 9.59 Å². The second-order valence-corrected chi connectivity index (χ2v) is 8.39. The first-order valence-electron chi connectivity index (χ1n) is 9.89. The molecule has 1 aromatic carbocycles. The Morgan fingerprint density at radius 1 is 1.34 bits per heavy atom. The minimum atomic E-state index is -1.35. The van der Waals surface area contributed by atoms with Crippen molar-refractivity contribution in [1.29, 1.82) is 0 Å². The van der Waals surface area contributed by atoms with E-state index in [4.69, 9.17) is 0 Å². The number of anilines is 2. The van der Waals surface area contributed by atoms with Crippen LogP contribution in [0, 0.1) is 11.7 Å². The summed E-state index contributed by atoms with van der Waals surface area (Å²) in [5.74, 6) is -1.79. The van der Waals surface area contributed by atoms with Crippen LogP contribution in [0.15, 0.2) is 17.1 Å². The van der Waals surface area contributed by atoms with Gasteiger partial charge in [0.1, 0.15) is 11.6 Å². The quantitative estimate of drug-likeness (QED) is 0.802. The highest BCUT2D eigenvalue weighted by Gasteiger charge is 2.36. The molecule has 1 amide bonds. The van der Waals surface area contributed by atoms with Crippen molar-refractivity contribution in [3.63, 3.8) is 0 Å². The summed E-state index contributed by atoms with van der Waals surface area (Å²) in [6, 6.07) is 0.884. The van der Waals surface area contributed by atoms with E-state index in [1.165, 1.54) is 12.3 Å². The normalized spacial score (nSPS) is 18.9. The van der Waals surface area contributed by atoms with Crippen LogP contribution in [0.25, 0.3) is 10.9 Å². The van der Waals surface area contributed by atoms with E-state index in [1.54, 1.807) is 16.5 Å². The minimum Gasteiger partial charge on any atom is -0.477 e. The fourth-order valence-electron chi connectivity index (χ4n) is 4.06. The standard InChI is InChI=1S/C21H24FN3O4/c1-10(2)4-7-15-20(27)23-14-8-12-17(16(22)18(14)24(15)3)25(11-5-6-11)9-13(19(12)26)21(28)29/h8-11,15H,4-7H2,1-3H3,(H,23,27)(H,28,29). The van der Waals surface area contributed by atoms with Gasteiger partial charge in [0.2, 0.25) is 11.3 Å². The molecule has 29 heavy (non-hydrogen) atoms. The Labute approximate surface area is 167 Å². The van der Waals surface area contributed by atoms with Crippen molar-refractivity contribution in [1.82, 2.24) is 4.57 Å². The number of aromatic nitrogens is 1. The lowest BCUT2D eigenvalue weighted by Crippen LogP contribution is -2.46. The number of carboxylic acid groups (broad SMARTS) is 1. The van der Waals surface area contributed by atoms with E-state index in [0.29, 0.717) is 12.3 Å². The van der Waals surface area contributed by atoms with E-state index in [-0.39, 0.29) is 34.2 Å². The molecule has 0 spiro atoms. The van der Waals surface area contributed by atoms with Crippen LogP contribution in [0.4, 0.5) is 15.8 Å². The van der Waals surface area contributed by atoms with Crippen LogP contribution < -0.4 is 15.6 Å². The Hall–Kier alpha value is -2.90. The molecule has 1 aliphatic carbocycles. The summed E-state index contributed by atoms with van der Waals surface area (Å²) >= 11 is 0. The first kappa shape index (κ1) is 19.4. The predicted molar refractivity (Wildman–Crippen MR) is 108 cm³/mol. The SMILES string of the molecule is CC(C)CCC1C(=O)Nc2cc3c(=O)c(C(=O)O)cn(C4CC4)c3c(F)c2N1C. The molecule has 4 rings (SSSR count). The third-order valence-electron chi connectivity index (χ3n) is 5.80. The number of amides is 1. The first-order chi connectivity index (χ1) is 13.7. The third kappa shape index (κ3) is 3.16. The Balaban J connectivity index is 1.93. The van der Waals surface area contributed by atoms with Gasteiger partial charge < -0.3 is 19.9 Å². The number of aromatic carboxylic acids is 1. The molecule has 2 aromatic rings. The molecule has 2 aliphatic rings. The third-order valence-corrected chi connectivity index (χ3v) is 5.80. The van der Waals surface area contributed by atoms with Gasteiger partial charge in [0, 0.05) is 19.3 Å². The molecule has 2 N–H and O–H groups in total. The average molecular weight is 401 g/mol. The second kappa shape index (κ2) is 6.86. The topological polar surface area (TPSA) is 91.6 Å². The first-order valence-corrected chi connectivity index (χ1v) is 9.89. The summed E-state index contributed by atoms with van der Waals surface area (Å²) in [5.41, 5.74) is -0.598. The molecule has 1 aliphatic heterocycles. The van der Waals surface area contributed by atoms with E-state index in [0.717, 1.165) is 19.3 Å². The molecule has 1 fully saturated rings. The lowest BCUT2D eigenvalue weighted by Gasteiger charge is -2.36. The highest BCUT2D eigenvalue weighted by Crippen LogP contribution is 2.42. The van der Waals surface area contributed by atoms with Crippen molar-refractivity contribution < 1.29 is 19.1 Å². The second-order valence-electron chi connectivity index (χ2n) is 8.39. The van der Waals surface area contributed by atoms with Crippen molar-refractivity contribution in [3.05, 3.63) is 33.9 Å². The lowest BCUT2D eigenvalue weighted by atomic mass is 9.98. The monoisotopic (exact) mass is 401 g/mol. The Morgan fingerprint density at radius 3 is 2.62 bits per heavy atom. The molecule has 7 nitrogen and oxygen atoms in total. The van der Waals surface area contributed by atoms with Crippen molar-refractivity contribution in [2.24, 2.45) is 5.92 Å². The van der Waals surface area contributed by atoms with Gasteiger partial charge >= 0.3 is 5.97 Å². The van der Waals surface area contributed by atoms with Gasteiger partial charge in [-0.25, -0.2) is 9.18 Å². The van der Waals surface area contributed by atoms with Crippen LogP contribution in [0.1, 0.15) is 55.9 Å². The smallest absolute Gasteiger partial charge is 0.341 e. The fourth-order valence-corrected chi connectivity index (χ4v) is 4.06. The van der Waals surface area contributed by atoms with E-state index in [9.17, 15) is 19.5 Å². The Morgan fingerprint density at radius 2 is 2.03 bits per heavy atom. The summed E-state index contributed by atoms with van der Waals surface area (Å²) in [6.07, 6.45) is 4.26. The van der Waals surface area contributed by atoms with Gasteiger partial charge in [-0.2, -0.15) is 0 Å². The maximum Gasteiger partial charge on any atom is 0.341 e. The zero-order valence-corrected chi connectivity index (χ0v) is 16.7. The van der Waals surface area contributed by atoms with Crippen LogP contribution in [0.2, 0.25) is 0 Å². The molecule has 1 saturated carbocycles. The van der Waals surface area contributed by atoms with E-state index in [2.05, 4.69) is 19.2 Å². The number of carbonyl (C=O) groups is 2. The van der Waals surface area contributed by atoms with Crippen LogP contribution in [0.3, 0.4) is 0 Å². The molecule has 2 heterocycles. The number of rotatable bonds is 5.